The van der Waals surface area contributed by atoms with Gasteiger partial charge in [0.05, 0.1) is 5.02 Å². The minimum atomic E-state index is -0.376. The molecule has 16 heavy (non-hydrogen) atoms. The molecule has 0 aliphatic heterocycles. The molecule has 0 fully saturated rings. The van der Waals surface area contributed by atoms with Crippen molar-refractivity contribution in [3.63, 3.8) is 0 Å². The van der Waals surface area contributed by atoms with Crippen LogP contribution in [0, 0.1) is 5.82 Å². The van der Waals surface area contributed by atoms with Crippen LogP contribution in [-0.2, 0) is 6.42 Å². The molecule has 0 aliphatic carbocycles. The van der Waals surface area contributed by atoms with E-state index in [1.807, 2.05) is 20.2 Å². The van der Waals surface area contributed by atoms with E-state index in [9.17, 15) is 4.39 Å². The second-order valence-corrected chi connectivity index (χ2v) is 4.65. The van der Waals surface area contributed by atoms with Gasteiger partial charge in [0.1, 0.15) is 5.82 Å². The van der Waals surface area contributed by atoms with Gasteiger partial charge in [-0.25, -0.2) is 4.39 Å². The quantitative estimate of drug-likeness (QED) is 0.861. The lowest BCUT2D eigenvalue weighted by Crippen LogP contribution is -2.28. The van der Waals surface area contributed by atoms with E-state index >= 15 is 0 Å². The van der Waals surface area contributed by atoms with Crippen molar-refractivity contribution in [1.29, 1.82) is 0 Å². The Morgan fingerprint density at radius 2 is 2.12 bits per heavy atom. The monoisotopic (exact) mass is 244 g/mol. The van der Waals surface area contributed by atoms with Crippen LogP contribution in [0.4, 0.5) is 4.39 Å². The number of hydrogen-bond donors (Lipinski definition) is 1. The number of nitrogens with zero attached hydrogens (tertiary/aromatic N) is 1. The Balaban J connectivity index is 2.56. The molecule has 1 unspecified atom stereocenters. The summed E-state index contributed by atoms with van der Waals surface area (Å²) in [7, 11) is 4.00. The summed E-state index contributed by atoms with van der Waals surface area (Å²) in [5.41, 5.74) is 6.75. The lowest BCUT2D eigenvalue weighted by molar-refractivity contribution is 0.379. The lowest BCUT2D eigenvalue weighted by Gasteiger charge is -2.15. The molecular formula is C12H18ClFN2. The maximum absolute atomic E-state index is 13.2. The van der Waals surface area contributed by atoms with Crippen LogP contribution in [0.2, 0.25) is 5.02 Å². The molecule has 2 nitrogen and oxygen atoms in total. The van der Waals surface area contributed by atoms with Gasteiger partial charge < -0.3 is 10.6 Å². The summed E-state index contributed by atoms with van der Waals surface area (Å²) in [5.74, 6) is -0.376. The molecule has 0 aliphatic rings. The Morgan fingerprint density at radius 3 is 2.75 bits per heavy atom. The summed E-state index contributed by atoms with van der Waals surface area (Å²) in [6.07, 6.45) is 1.49. The van der Waals surface area contributed by atoms with Crippen LogP contribution in [-0.4, -0.2) is 31.6 Å². The van der Waals surface area contributed by atoms with Crippen LogP contribution in [0.25, 0.3) is 0 Å². The molecule has 4 heteroatoms. The van der Waals surface area contributed by atoms with Crippen molar-refractivity contribution in [2.75, 3.05) is 20.6 Å². The first-order valence-electron chi connectivity index (χ1n) is 5.34. The third-order valence-corrected chi connectivity index (χ3v) is 2.88. The van der Waals surface area contributed by atoms with Crippen LogP contribution >= 0.6 is 11.6 Å². The zero-order chi connectivity index (χ0) is 12.1. The summed E-state index contributed by atoms with van der Waals surface area (Å²) < 4.78 is 13.2. The van der Waals surface area contributed by atoms with E-state index in [1.165, 1.54) is 6.07 Å². The van der Waals surface area contributed by atoms with E-state index in [-0.39, 0.29) is 16.9 Å². The molecule has 90 valence electrons. The molecular weight excluding hydrogens is 227 g/mol. The Hall–Kier alpha value is -0.640. The van der Waals surface area contributed by atoms with Gasteiger partial charge in [0.15, 0.2) is 0 Å². The zero-order valence-corrected chi connectivity index (χ0v) is 10.5. The number of benzene rings is 1. The SMILES string of the molecule is CN(C)CCC(N)Cc1cccc(F)c1Cl. The molecule has 1 aromatic rings. The highest BCUT2D eigenvalue weighted by molar-refractivity contribution is 6.31. The minimum Gasteiger partial charge on any atom is -0.327 e. The Kier molecular flexibility index (Phi) is 5.19. The molecule has 1 atom stereocenters. The van der Waals surface area contributed by atoms with Gasteiger partial charge in [-0.2, -0.15) is 0 Å². The van der Waals surface area contributed by atoms with Crippen molar-refractivity contribution in [3.8, 4) is 0 Å². The van der Waals surface area contributed by atoms with Crippen molar-refractivity contribution in [2.24, 2.45) is 5.73 Å². The third kappa shape index (κ3) is 4.08. The van der Waals surface area contributed by atoms with Crippen molar-refractivity contribution in [3.05, 3.63) is 34.6 Å². The molecule has 0 saturated heterocycles. The molecule has 0 radical (unpaired) electrons. The summed E-state index contributed by atoms with van der Waals surface area (Å²) in [6.45, 7) is 0.925. The van der Waals surface area contributed by atoms with E-state index in [0.717, 1.165) is 18.5 Å². The van der Waals surface area contributed by atoms with Crippen molar-refractivity contribution < 1.29 is 4.39 Å². The smallest absolute Gasteiger partial charge is 0.142 e. The topological polar surface area (TPSA) is 29.3 Å². The van der Waals surface area contributed by atoms with Crippen LogP contribution < -0.4 is 5.73 Å². The number of rotatable bonds is 5. The van der Waals surface area contributed by atoms with E-state index in [4.69, 9.17) is 17.3 Å². The van der Waals surface area contributed by atoms with E-state index in [1.54, 1.807) is 6.07 Å². The van der Waals surface area contributed by atoms with Gasteiger partial charge in [-0.1, -0.05) is 23.7 Å². The van der Waals surface area contributed by atoms with Crippen LogP contribution in [0.3, 0.4) is 0 Å². The van der Waals surface area contributed by atoms with Gasteiger partial charge in [-0.15, -0.1) is 0 Å². The standard InChI is InChI=1S/C12H18ClFN2/c1-16(2)7-6-10(15)8-9-4-3-5-11(14)12(9)13/h3-5,10H,6-8,15H2,1-2H3. The second kappa shape index (κ2) is 6.18. The highest BCUT2D eigenvalue weighted by atomic mass is 35.5. The molecule has 0 saturated carbocycles. The Labute approximate surface area is 101 Å². The maximum Gasteiger partial charge on any atom is 0.142 e. The molecule has 1 aromatic carbocycles. The molecule has 2 N–H and O–H groups in total. The van der Waals surface area contributed by atoms with Gasteiger partial charge in [0, 0.05) is 6.04 Å². The normalized spacial score (nSPS) is 13.1. The number of halogens is 2. The van der Waals surface area contributed by atoms with Crippen molar-refractivity contribution in [2.45, 2.75) is 18.9 Å². The van der Waals surface area contributed by atoms with Crippen molar-refractivity contribution >= 4 is 11.6 Å². The van der Waals surface area contributed by atoms with E-state index in [0.29, 0.717) is 6.42 Å². The van der Waals surface area contributed by atoms with Gasteiger partial charge in [0.25, 0.3) is 0 Å². The minimum absolute atomic E-state index is 0.0155. The van der Waals surface area contributed by atoms with Crippen LogP contribution in [0.15, 0.2) is 18.2 Å². The molecule has 0 bridgehead atoms. The average Bonchev–Trinajstić information content (AvgIpc) is 2.22. The zero-order valence-electron chi connectivity index (χ0n) is 9.71. The third-order valence-electron chi connectivity index (χ3n) is 2.46. The van der Waals surface area contributed by atoms with Crippen LogP contribution in [0.1, 0.15) is 12.0 Å². The van der Waals surface area contributed by atoms with Gasteiger partial charge >= 0.3 is 0 Å². The Morgan fingerprint density at radius 1 is 1.44 bits per heavy atom. The number of hydrogen-bond acceptors (Lipinski definition) is 2. The first-order valence-corrected chi connectivity index (χ1v) is 5.71. The lowest BCUT2D eigenvalue weighted by atomic mass is 10.0. The summed E-state index contributed by atoms with van der Waals surface area (Å²) >= 11 is 5.86. The fraction of sp³-hybridized carbons (Fsp3) is 0.500. The molecule has 1 rings (SSSR count). The second-order valence-electron chi connectivity index (χ2n) is 4.27. The molecule has 0 aromatic heterocycles. The van der Waals surface area contributed by atoms with E-state index in [2.05, 4.69) is 4.90 Å². The first-order chi connectivity index (χ1) is 7.50. The van der Waals surface area contributed by atoms with Crippen molar-refractivity contribution in [1.82, 2.24) is 4.90 Å². The van der Waals surface area contributed by atoms with Gasteiger partial charge in [-0.3, -0.25) is 0 Å². The van der Waals surface area contributed by atoms with Crippen LogP contribution in [0.5, 0.6) is 0 Å². The summed E-state index contributed by atoms with van der Waals surface area (Å²) in [4.78, 5) is 2.08. The predicted molar refractivity (Wildman–Crippen MR) is 66.3 cm³/mol. The molecule has 0 heterocycles. The highest BCUT2D eigenvalue weighted by Gasteiger charge is 2.10. The highest BCUT2D eigenvalue weighted by Crippen LogP contribution is 2.21. The molecule has 0 spiro atoms. The summed E-state index contributed by atoms with van der Waals surface area (Å²) in [5, 5.41) is 0.197. The largest absolute Gasteiger partial charge is 0.327 e. The maximum atomic E-state index is 13.2. The van der Waals surface area contributed by atoms with Gasteiger partial charge in [-0.05, 0) is 45.1 Å². The fourth-order valence-corrected chi connectivity index (χ4v) is 1.72. The average molecular weight is 245 g/mol. The Bertz CT molecular complexity index is 342. The number of nitrogens with two attached hydrogens (primary N) is 1. The van der Waals surface area contributed by atoms with Gasteiger partial charge in [0.2, 0.25) is 0 Å². The first kappa shape index (κ1) is 13.4. The molecule has 0 amide bonds. The van der Waals surface area contributed by atoms with E-state index < -0.39 is 0 Å². The fourth-order valence-electron chi connectivity index (χ4n) is 1.51. The predicted octanol–water partition coefficient (Wildman–Crippen LogP) is 2.30. The summed E-state index contributed by atoms with van der Waals surface area (Å²) in [6, 6.07) is 4.86.